The second-order valence-corrected chi connectivity index (χ2v) is 5.23. The molecule has 1 rings (SSSR count). The third kappa shape index (κ3) is 4.92. The molecule has 1 heterocycles. The average Bonchev–Trinajstić information content (AvgIpc) is 2.44. The molecule has 0 spiro atoms. The summed E-state index contributed by atoms with van der Waals surface area (Å²) in [6.45, 7) is 1.54. The van der Waals surface area contributed by atoms with Crippen LogP contribution in [0.25, 0.3) is 6.08 Å². The molecule has 22 heavy (non-hydrogen) atoms. The van der Waals surface area contributed by atoms with E-state index in [9.17, 15) is 19.2 Å². The quantitative estimate of drug-likeness (QED) is 0.474. The molecule has 1 amide bonds. The van der Waals surface area contributed by atoms with Crippen molar-refractivity contribution in [2.24, 2.45) is 0 Å². The fraction of sp³-hybridized carbons (Fsp3) is 0.385. The minimum atomic E-state index is -0.771. The molecule has 1 atom stereocenters. The van der Waals surface area contributed by atoms with Gasteiger partial charge in [-0.25, -0.2) is 9.59 Å². The van der Waals surface area contributed by atoms with Crippen molar-refractivity contribution < 1.29 is 14.3 Å². The number of esters is 1. The maximum Gasteiger partial charge on any atom is 0.329 e. The van der Waals surface area contributed by atoms with Crippen molar-refractivity contribution >= 4 is 29.7 Å². The van der Waals surface area contributed by atoms with Crippen molar-refractivity contribution in [2.45, 2.75) is 13.0 Å². The fourth-order valence-corrected chi connectivity index (χ4v) is 2.22. The van der Waals surface area contributed by atoms with Crippen LogP contribution in [0.3, 0.4) is 0 Å². The van der Waals surface area contributed by atoms with Crippen LogP contribution in [0.2, 0.25) is 0 Å². The first-order valence-corrected chi connectivity index (χ1v) is 7.67. The van der Waals surface area contributed by atoms with Gasteiger partial charge in [0.25, 0.3) is 5.56 Å². The summed E-state index contributed by atoms with van der Waals surface area (Å²) in [5.74, 6) is -0.728. The Morgan fingerprint density at radius 1 is 1.36 bits per heavy atom. The lowest BCUT2D eigenvalue weighted by molar-refractivity contribution is -0.143. The number of carbonyl (C=O) groups excluding carboxylic acids is 2. The van der Waals surface area contributed by atoms with Gasteiger partial charge in [0.05, 0.1) is 12.7 Å². The van der Waals surface area contributed by atoms with Crippen molar-refractivity contribution in [3.63, 3.8) is 0 Å². The molecule has 0 saturated carbocycles. The standard InChI is InChI=1S/C13H17N3O5S/c1-7-8(11(18)16-13(20)14-7)4-5-10(17)15-9(6-22-3)12(19)21-2/h4-5,9H,6H2,1-3H3,(H,15,17)(H2,14,16,18,20)/b5-4-/t9-/m0/s1. The van der Waals surface area contributed by atoms with Gasteiger partial charge in [-0.2, -0.15) is 11.8 Å². The minimum absolute atomic E-state index is 0.161. The zero-order valence-electron chi connectivity index (χ0n) is 12.4. The summed E-state index contributed by atoms with van der Waals surface area (Å²) < 4.78 is 4.59. The number of thioether (sulfide) groups is 1. The number of aromatic amines is 2. The lowest BCUT2D eigenvalue weighted by atomic mass is 10.2. The number of H-pyrrole nitrogens is 2. The van der Waals surface area contributed by atoms with Gasteiger partial charge in [0.15, 0.2) is 0 Å². The number of ether oxygens (including phenoxy) is 1. The second kappa shape index (κ2) is 8.23. The molecular formula is C13H17N3O5S. The van der Waals surface area contributed by atoms with Gasteiger partial charge in [-0.3, -0.25) is 14.6 Å². The van der Waals surface area contributed by atoms with Crippen LogP contribution in [0.5, 0.6) is 0 Å². The lowest BCUT2D eigenvalue weighted by Crippen LogP contribution is -2.42. The number of nitrogens with one attached hydrogen (secondary N) is 3. The zero-order chi connectivity index (χ0) is 16.7. The molecule has 1 aromatic rings. The molecule has 0 aliphatic carbocycles. The van der Waals surface area contributed by atoms with Crippen molar-refractivity contribution in [2.75, 3.05) is 19.1 Å². The molecule has 0 aliphatic heterocycles. The SMILES string of the molecule is COC(=O)[C@H](CSC)NC(=O)/C=C\c1c(C)[nH]c(=O)[nH]c1=O. The Kier molecular flexibility index (Phi) is 6.64. The minimum Gasteiger partial charge on any atom is -0.467 e. The predicted octanol–water partition coefficient (Wildman–Crippen LogP) is -0.594. The largest absolute Gasteiger partial charge is 0.467 e. The number of amides is 1. The monoisotopic (exact) mass is 327 g/mol. The highest BCUT2D eigenvalue weighted by molar-refractivity contribution is 7.98. The Morgan fingerprint density at radius 2 is 2.05 bits per heavy atom. The van der Waals surface area contributed by atoms with Gasteiger partial charge in [0.2, 0.25) is 5.91 Å². The Balaban J connectivity index is 2.86. The molecule has 8 nitrogen and oxygen atoms in total. The molecule has 1 aromatic heterocycles. The molecule has 0 aromatic carbocycles. The Hall–Kier alpha value is -2.29. The Bertz CT molecular complexity index is 692. The van der Waals surface area contributed by atoms with Crippen LogP contribution in [-0.2, 0) is 14.3 Å². The molecule has 0 unspecified atom stereocenters. The van der Waals surface area contributed by atoms with E-state index in [4.69, 9.17) is 0 Å². The third-order valence-electron chi connectivity index (χ3n) is 2.71. The normalized spacial score (nSPS) is 12.1. The molecule has 0 fully saturated rings. The summed E-state index contributed by atoms with van der Waals surface area (Å²) in [7, 11) is 1.24. The lowest BCUT2D eigenvalue weighted by Gasteiger charge is -2.13. The summed E-state index contributed by atoms with van der Waals surface area (Å²) in [6, 6.07) is -0.771. The summed E-state index contributed by atoms with van der Waals surface area (Å²) in [5.41, 5.74) is -0.713. The highest BCUT2D eigenvalue weighted by atomic mass is 32.2. The molecule has 9 heteroatoms. The zero-order valence-corrected chi connectivity index (χ0v) is 13.2. The molecule has 0 aliphatic rings. The number of aryl methyl sites for hydroxylation is 1. The smallest absolute Gasteiger partial charge is 0.329 e. The van der Waals surface area contributed by atoms with Crippen molar-refractivity contribution in [3.05, 3.63) is 38.2 Å². The van der Waals surface area contributed by atoms with E-state index in [-0.39, 0.29) is 5.56 Å². The Labute approximate surface area is 130 Å². The first-order valence-electron chi connectivity index (χ1n) is 6.27. The number of rotatable bonds is 6. The van der Waals surface area contributed by atoms with Crippen LogP contribution >= 0.6 is 11.8 Å². The molecule has 0 saturated heterocycles. The van der Waals surface area contributed by atoms with Crippen molar-refractivity contribution in [1.29, 1.82) is 0 Å². The number of methoxy groups -OCH3 is 1. The van der Waals surface area contributed by atoms with E-state index in [2.05, 4.69) is 20.0 Å². The van der Waals surface area contributed by atoms with Gasteiger partial charge in [0.1, 0.15) is 6.04 Å². The topological polar surface area (TPSA) is 121 Å². The summed E-state index contributed by atoms with van der Waals surface area (Å²) in [6.07, 6.45) is 4.18. The van der Waals surface area contributed by atoms with Gasteiger partial charge in [-0.15, -0.1) is 0 Å². The van der Waals surface area contributed by atoms with E-state index in [1.165, 1.54) is 24.9 Å². The maximum atomic E-state index is 11.8. The summed E-state index contributed by atoms with van der Waals surface area (Å²) in [4.78, 5) is 50.5. The van der Waals surface area contributed by atoms with Gasteiger partial charge in [-0.05, 0) is 19.3 Å². The van der Waals surface area contributed by atoms with Crippen LogP contribution in [0, 0.1) is 6.92 Å². The van der Waals surface area contributed by atoms with Crippen LogP contribution in [0.4, 0.5) is 0 Å². The van der Waals surface area contributed by atoms with Crippen molar-refractivity contribution in [1.82, 2.24) is 15.3 Å². The number of hydrogen-bond donors (Lipinski definition) is 3. The van der Waals surface area contributed by atoms with E-state index in [1.54, 1.807) is 13.2 Å². The van der Waals surface area contributed by atoms with E-state index in [1.807, 2.05) is 0 Å². The van der Waals surface area contributed by atoms with Gasteiger partial charge >= 0.3 is 11.7 Å². The van der Waals surface area contributed by atoms with Crippen LogP contribution in [0.15, 0.2) is 15.7 Å². The maximum absolute atomic E-state index is 11.8. The van der Waals surface area contributed by atoms with Crippen LogP contribution in [-0.4, -0.2) is 47.0 Å². The van der Waals surface area contributed by atoms with E-state index in [0.29, 0.717) is 11.4 Å². The van der Waals surface area contributed by atoms with Crippen LogP contribution in [0.1, 0.15) is 11.3 Å². The highest BCUT2D eigenvalue weighted by Crippen LogP contribution is 2.01. The van der Waals surface area contributed by atoms with E-state index >= 15 is 0 Å². The average molecular weight is 327 g/mol. The highest BCUT2D eigenvalue weighted by Gasteiger charge is 2.19. The third-order valence-corrected chi connectivity index (χ3v) is 3.38. The first-order chi connectivity index (χ1) is 10.4. The second-order valence-electron chi connectivity index (χ2n) is 4.32. The summed E-state index contributed by atoms with van der Waals surface area (Å²) >= 11 is 1.38. The first kappa shape index (κ1) is 17.8. The molecule has 0 bridgehead atoms. The van der Waals surface area contributed by atoms with E-state index < -0.39 is 29.2 Å². The molecule has 0 radical (unpaired) electrons. The van der Waals surface area contributed by atoms with E-state index in [0.717, 1.165) is 6.08 Å². The number of carbonyl (C=O) groups is 2. The molecular weight excluding hydrogens is 310 g/mol. The fourth-order valence-electron chi connectivity index (χ4n) is 1.67. The van der Waals surface area contributed by atoms with Gasteiger partial charge in [0, 0.05) is 17.5 Å². The van der Waals surface area contributed by atoms with Gasteiger partial charge < -0.3 is 15.0 Å². The van der Waals surface area contributed by atoms with Gasteiger partial charge in [-0.1, -0.05) is 0 Å². The Morgan fingerprint density at radius 3 is 2.59 bits per heavy atom. The molecule has 120 valence electrons. The molecule has 3 N–H and O–H groups in total. The number of aromatic nitrogens is 2. The van der Waals surface area contributed by atoms with Crippen LogP contribution < -0.4 is 16.6 Å². The predicted molar refractivity (Wildman–Crippen MR) is 83.8 cm³/mol. The summed E-state index contributed by atoms with van der Waals surface area (Å²) in [5, 5.41) is 2.48. The number of hydrogen-bond acceptors (Lipinski definition) is 6. The van der Waals surface area contributed by atoms with Crippen molar-refractivity contribution in [3.8, 4) is 0 Å².